The van der Waals surface area contributed by atoms with Crippen molar-refractivity contribution < 1.29 is 0 Å². The number of hydrogen-bond donors (Lipinski definition) is 1. The van der Waals surface area contributed by atoms with E-state index in [1.54, 1.807) is 6.20 Å². The van der Waals surface area contributed by atoms with Gasteiger partial charge in [0.1, 0.15) is 17.3 Å². The summed E-state index contributed by atoms with van der Waals surface area (Å²) in [7, 11) is 2.03. The molecule has 0 fully saturated rings. The Hall–Kier alpha value is -2.95. The summed E-state index contributed by atoms with van der Waals surface area (Å²) >= 11 is 0. The minimum atomic E-state index is 0.789. The fraction of sp³-hybridized carbons (Fsp3) is 0.167. The van der Waals surface area contributed by atoms with E-state index < -0.39 is 0 Å². The number of anilines is 2. The van der Waals surface area contributed by atoms with E-state index in [0.717, 1.165) is 40.0 Å². The Kier molecular flexibility index (Phi) is 3.19. The van der Waals surface area contributed by atoms with E-state index >= 15 is 0 Å². The molecule has 5 nitrogen and oxygen atoms in total. The van der Waals surface area contributed by atoms with Gasteiger partial charge in [-0.2, -0.15) is 0 Å². The predicted octanol–water partition coefficient (Wildman–Crippen LogP) is 3.82. The molecule has 0 bridgehead atoms. The lowest BCUT2D eigenvalue weighted by molar-refractivity contribution is 0.989. The van der Waals surface area contributed by atoms with E-state index in [1.165, 1.54) is 5.56 Å². The molecule has 4 aromatic rings. The summed E-state index contributed by atoms with van der Waals surface area (Å²) in [6.45, 7) is 2.13. The molecule has 0 aliphatic rings. The molecule has 0 aromatic carbocycles. The summed E-state index contributed by atoms with van der Waals surface area (Å²) in [5.41, 5.74) is 3.31. The van der Waals surface area contributed by atoms with Gasteiger partial charge in [0.05, 0.1) is 5.52 Å². The van der Waals surface area contributed by atoms with Crippen LogP contribution in [0.5, 0.6) is 0 Å². The lowest BCUT2D eigenvalue weighted by Gasteiger charge is -2.06. The van der Waals surface area contributed by atoms with E-state index in [-0.39, 0.29) is 0 Å². The largest absolute Gasteiger partial charge is 0.328 e. The molecule has 5 heteroatoms. The molecule has 0 saturated heterocycles. The first-order chi connectivity index (χ1) is 11.3. The van der Waals surface area contributed by atoms with Crippen LogP contribution in [0.3, 0.4) is 0 Å². The predicted molar refractivity (Wildman–Crippen MR) is 92.9 cm³/mol. The Morgan fingerprint density at radius 1 is 1.04 bits per heavy atom. The Morgan fingerprint density at radius 3 is 2.83 bits per heavy atom. The molecular formula is C18H17N5. The molecule has 0 unspecified atom stereocenters. The van der Waals surface area contributed by atoms with Crippen molar-refractivity contribution in [3.05, 3.63) is 54.5 Å². The molecule has 0 aliphatic carbocycles. The Morgan fingerprint density at radius 2 is 1.96 bits per heavy atom. The van der Waals surface area contributed by atoms with Gasteiger partial charge in [-0.3, -0.25) is 4.98 Å². The number of nitrogens with one attached hydrogen (secondary N) is 1. The average Bonchev–Trinajstić information content (AvgIpc) is 2.88. The van der Waals surface area contributed by atoms with Crippen LogP contribution in [0.4, 0.5) is 11.6 Å². The minimum absolute atomic E-state index is 0.789. The van der Waals surface area contributed by atoms with E-state index in [4.69, 9.17) is 4.98 Å². The summed E-state index contributed by atoms with van der Waals surface area (Å²) < 4.78 is 2.09. The van der Waals surface area contributed by atoms with Crippen LogP contribution in [-0.2, 0) is 13.5 Å². The van der Waals surface area contributed by atoms with Crippen molar-refractivity contribution in [2.24, 2.45) is 7.05 Å². The van der Waals surface area contributed by atoms with Crippen molar-refractivity contribution in [2.75, 3.05) is 5.32 Å². The number of fused-ring (bicyclic) bond motifs is 3. The highest BCUT2D eigenvalue weighted by Crippen LogP contribution is 2.27. The summed E-state index contributed by atoms with van der Waals surface area (Å²) in [6, 6.07) is 10.2. The molecule has 0 amide bonds. The van der Waals surface area contributed by atoms with Gasteiger partial charge in [-0.05, 0) is 42.3 Å². The average molecular weight is 303 g/mol. The van der Waals surface area contributed by atoms with Crippen molar-refractivity contribution >= 4 is 33.6 Å². The lowest BCUT2D eigenvalue weighted by atomic mass is 10.2. The summed E-state index contributed by atoms with van der Waals surface area (Å²) in [6.07, 6.45) is 6.50. The van der Waals surface area contributed by atoms with Crippen molar-refractivity contribution in [1.29, 1.82) is 0 Å². The molecule has 1 N–H and O–H groups in total. The zero-order valence-corrected chi connectivity index (χ0v) is 13.1. The maximum atomic E-state index is 4.75. The van der Waals surface area contributed by atoms with Crippen LogP contribution in [0.15, 0.2) is 48.9 Å². The molecular weight excluding hydrogens is 286 g/mol. The fourth-order valence-electron chi connectivity index (χ4n) is 2.88. The third kappa shape index (κ3) is 2.30. The number of nitrogens with zero attached hydrogens (tertiary/aromatic N) is 4. The van der Waals surface area contributed by atoms with Crippen LogP contribution in [0, 0.1) is 0 Å². The first-order valence-corrected chi connectivity index (χ1v) is 7.67. The number of rotatable bonds is 3. The van der Waals surface area contributed by atoms with Gasteiger partial charge in [-0.1, -0.05) is 6.92 Å². The lowest BCUT2D eigenvalue weighted by Crippen LogP contribution is -1.98. The van der Waals surface area contributed by atoms with E-state index in [0.29, 0.717) is 0 Å². The van der Waals surface area contributed by atoms with E-state index in [9.17, 15) is 0 Å². The van der Waals surface area contributed by atoms with Crippen molar-refractivity contribution in [3.63, 3.8) is 0 Å². The second-order valence-corrected chi connectivity index (χ2v) is 5.55. The van der Waals surface area contributed by atoms with Crippen LogP contribution in [0.25, 0.3) is 21.9 Å². The first kappa shape index (κ1) is 13.7. The molecule has 4 heterocycles. The zero-order valence-electron chi connectivity index (χ0n) is 13.1. The van der Waals surface area contributed by atoms with Gasteiger partial charge < -0.3 is 9.88 Å². The Labute approximate surface area is 134 Å². The van der Waals surface area contributed by atoms with E-state index in [1.807, 2.05) is 37.6 Å². The Balaban J connectivity index is 1.79. The molecule has 114 valence electrons. The van der Waals surface area contributed by atoms with Gasteiger partial charge in [0.2, 0.25) is 0 Å². The van der Waals surface area contributed by atoms with Crippen molar-refractivity contribution in [3.8, 4) is 0 Å². The quantitative estimate of drug-likeness (QED) is 0.625. The van der Waals surface area contributed by atoms with Crippen LogP contribution >= 0.6 is 0 Å². The smallest absolute Gasteiger partial charge is 0.143 e. The number of pyridine rings is 3. The molecule has 4 aromatic heterocycles. The summed E-state index contributed by atoms with van der Waals surface area (Å²) in [4.78, 5) is 13.3. The number of aryl methyl sites for hydroxylation is 2. The molecule has 0 atom stereocenters. The second-order valence-electron chi connectivity index (χ2n) is 5.55. The number of hydrogen-bond acceptors (Lipinski definition) is 4. The standard InChI is InChI=1S/C18H17N5/c1-3-12-6-9-20-17(10-12)21-16-5-4-13-14-11-19-8-7-15(14)23(2)18(13)22-16/h4-11H,3H2,1-2H3,(H,20,21,22). The van der Waals surface area contributed by atoms with Crippen LogP contribution < -0.4 is 5.32 Å². The third-order valence-corrected chi connectivity index (χ3v) is 4.13. The maximum Gasteiger partial charge on any atom is 0.143 e. The highest BCUT2D eigenvalue weighted by Gasteiger charge is 2.10. The molecule has 0 radical (unpaired) electrons. The first-order valence-electron chi connectivity index (χ1n) is 7.67. The van der Waals surface area contributed by atoms with Gasteiger partial charge in [0, 0.05) is 36.4 Å². The van der Waals surface area contributed by atoms with E-state index in [2.05, 4.69) is 38.9 Å². The number of aromatic nitrogens is 4. The van der Waals surface area contributed by atoms with Crippen LogP contribution in [-0.4, -0.2) is 19.5 Å². The summed E-state index contributed by atoms with van der Waals surface area (Å²) in [5.74, 6) is 1.61. The van der Waals surface area contributed by atoms with Crippen LogP contribution in [0.1, 0.15) is 12.5 Å². The monoisotopic (exact) mass is 303 g/mol. The minimum Gasteiger partial charge on any atom is -0.328 e. The van der Waals surface area contributed by atoms with Crippen molar-refractivity contribution in [2.45, 2.75) is 13.3 Å². The molecule has 0 spiro atoms. The Bertz CT molecular complexity index is 1000. The topological polar surface area (TPSA) is 55.6 Å². The zero-order chi connectivity index (χ0) is 15.8. The van der Waals surface area contributed by atoms with Gasteiger partial charge in [-0.15, -0.1) is 0 Å². The highest BCUT2D eigenvalue weighted by atomic mass is 15.1. The summed E-state index contributed by atoms with van der Waals surface area (Å²) in [5, 5.41) is 5.52. The normalized spacial score (nSPS) is 11.2. The third-order valence-electron chi connectivity index (χ3n) is 4.13. The molecule has 0 aliphatic heterocycles. The molecule has 23 heavy (non-hydrogen) atoms. The maximum absolute atomic E-state index is 4.75. The van der Waals surface area contributed by atoms with Gasteiger partial charge in [0.25, 0.3) is 0 Å². The van der Waals surface area contributed by atoms with Crippen LogP contribution in [0.2, 0.25) is 0 Å². The second kappa shape index (κ2) is 5.35. The van der Waals surface area contributed by atoms with Gasteiger partial charge in [0.15, 0.2) is 0 Å². The van der Waals surface area contributed by atoms with Gasteiger partial charge >= 0.3 is 0 Å². The SMILES string of the molecule is CCc1ccnc(Nc2ccc3c4cnccc4n(C)c3n2)c1. The fourth-order valence-corrected chi connectivity index (χ4v) is 2.88. The molecule has 4 rings (SSSR count). The highest BCUT2D eigenvalue weighted by molar-refractivity contribution is 6.06. The molecule has 0 saturated carbocycles. The van der Waals surface area contributed by atoms with Gasteiger partial charge in [-0.25, -0.2) is 9.97 Å². The van der Waals surface area contributed by atoms with Crippen molar-refractivity contribution in [1.82, 2.24) is 19.5 Å².